The van der Waals surface area contributed by atoms with E-state index in [1.165, 1.54) is 37.8 Å². The van der Waals surface area contributed by atoms with Crippen LogP contribution in [0.5, 0.6) is 0 Å². The fourth-order valence-electron chi connectivity index (χ4n) is 2.65. The molecule has 1 saturated heterocycles. The SMILES string of the molecule is C/C=C/C[C@H]1CCCCN1Cc1ccccc1. The smallest absolute Gasteiger partial charge is 0.0236 e. The monoisotopic (exact) mass is 229 g/mol. The predicted molar refractivity (Wildman–Crippen MR) is 73.9 cm³/mol. The van der Waals surface area contributed by atoms with Crippen molar-refractivity contribution in [2.24, 2.45) is 0 Å². The van der Waals surface area contributed by atoms with E-state index >= 15 is 0 Å². The largest absolute Gasteiger partial charge is 0.296 e. The van der Waals surface area contributed by atoms with E-state index in [0.29, 0.717) is 0 Å². The molecule has 1 heterocycles. The van der Waals surface area contributed by atoms with Gasteiger partial charge < -0.3 is 0 Å². The standard InChI is InChI=1S/C16H23N/c1-2-3-11-16-12-7-8-13-17(16)14-15-9-5-4-6-10-15/h2-6,9-10,16H,7-8,11-14H2,1H3/b3-2+/t16-/m0/s1. The first kappa shape index (κ1) is 12.4. The average Bonchev–Trinajstić information content (AvgIpc) is 2.39. The summed E-state index contributed by atoms with van der Waals surface area (Å²) in [7, 11) is 0. The molecule has 92 valence electrons. The van der Waals surface area contributed by atoms with Crippen LogP contribution in [0.2, 0.25) is 0 Å². The molecule has 1 aromatic carbocycles. The molecular formula is C16H23N. The van der Waals surface area contributed by atoms with Crippen LogP contribution in [0.3, 0.4) is 0 Å². The van der Waals surface area contributed by atoms with Crippen molar-refractivity contribution in [3.05, 3.63) is 48.0 Å². The lowest BCUT2D eigenvalue weighted by atomic mass is 9.98. The van der Waals surface area contributed by atoms with Gasteiger partial charge in [-0.15, -0.1) is 0 Å². The summed E-state index contributed by atoms with van der Waals surface area (Å²) < 4.78 is 0. The summed E-state index contributed by atoms with van der Waals surface area (Å²) in [4.78, 5) is 2.65. The highest BCUT2D eigenvalue weighted by Gasteiger charge is 2.20. The van der Waals surface area contributed by atoms with Gasteiger partial charge in [-0.05, 0) is 38.3 Å². The van der Waals surface area contributed by atoms with Crippen LogP contribution in [0.15, 0.2) is 42.5 Å². The molecule has 0 aromatic heterocycles. The summed E-state index contributed by atoms with van der Waals surface area (Å²) in [5.74, 6) is 0. The summed E-state index contributed by atoms with van der Waals surface area (Å²) >= 11 is 0. The number of hydrogen-bond acceptors (Lipinski definition) is 1. The lowest BCUT2D eigenvalue weighted by molar-refractivity contribution is 0.141. The Bertz CT molecular complexity index is 342. The number of nitrogens with zero attached hydrogens (tertiary/aromatic N) is 1. The van der Waals surface area contributed by atoms with Crippen LogP contribution in [-0.2, 0) is 6.54 Å². The molecule has 0 spiro atoms. The van der Waals surface area contributed by atoms with Crippen LogP contribution in [0.4, 0.5) is 0 Å². The second kappa shape index (κ2) is 6.61. The topological polar surface area (TPSA) is 3.24 Å². The van der Waals surface area contributed by atoms with Crippen molar-refractivity contribution in [1.29, 1.82) is 0 Å². The number of allylic oxidation sites excluding steroid dienone is 1. The van der Waals surface area contributed by atoms with Gasteiger partial charge in [-0.3, -0.25) is 4.90 Å². The molecule has 1 atom stereocenters. The Hall–Kier alpha value is -1.08. The average molecular weight is 229 g/mol. The van der Waals surface area contributed by atoms with Crippen molar-refractivity contribution in [3.63, 3.8) is 0 Å². The van der Waals surface area contributed by atoms with E-state index < -0.39 is 0 Å². The molecular weight excluding hydrogens is 206 g/mol. The van der Waals surface area contributed by atoms with Gasteiger partial charge in [-0.2, -0.15) is 0 Å². The van der Waals surface area contributed by atoms with E-state index in [9.17, 15) is 0 Å². The second-order valence-corrected chi connectivity index (χ2v) is 4.91. The summed E-state index contributed by atoms with van der Waals surface area (Å²) in [5, 5.41) is 0. The summed E-state index contributed by atoms with van der Waals surface area (Å²) in [6.07, 6.45) is 9.82. The lowest BCUT2D eigenvalue weighted by Crippen LogP contribution is -2.38. The second-order valence-electron chi connectivity index (χ2n) is 4.91. The molecule has 0 unspecified atom stereocenters. The van der Waals surface area contributed by atoms with Crippen molar-refractivity contribution in [3.8, 4) is 0 Å². The molecule has 2 rings (SSSR count). The van der Waals surface area contributed by atoms with Gasteiger partial charge in [0.05, 0.1) is 0 Å². The Kier molecular flexibility index (Phi) is 4.81. The zero-order valence-electron chi connectivity index (χ0n) is 10.8. The number of hydrogen-bond donors (Lipinski definition) is 0. The molecule has 0 amide bonds. The van der Waals surface area contributed by atoms with Crippen molar-refractivity contribution < 1.29 is 0 Å². The molecule has 0 N–H and O–H groups in total. The number of benzene rings is 1. The van der Waals surface area contributed by atoms with E-state index in [1.54, 1.807) is 0 Å². The Morgan fingerprint density at radius 3 is 2.82 bits per heavy atom. The first-order valence-corrected chi connectivity index (χ1v) is 6.79. The molecule has 0 saturated carbocycles. The quantitative estimate of drug-likeness (QED) is 0.705. The lowest BCUT2D eigenvalue weighted by Gasteiger charge is -2.35. The molecule has 0 aliphatic carbocycles. The zero-order chi connectivity index (χ0) is 11.9. The minimum absolute atomic E-state index is 0.750. The van der Waals surface area contributed by atoms with Crippen molar-refractivity contribution in [1.82, 2.24) is 4.90 Å². The molecule has 1 fully saturated rings. The van der Waals surface area contributed by atoms with Gasteiger partial charge in [0.25, 0.3) is 0 Å². The minimum atomic E-state index is 0.750. The Morgan fingerprint density at radius 2 is 2.06 bits per heavy atom. The molecule has 1 aliphatic heterocycles. The van der Waals surface area contributed by atoms with Gasteiger partial charge >= 0.3 is 0 Å². The fourth-order valence-corrected chi connectivity index (χ4v) is 2.65. The van der Waals surface area contributed by atoms with Gasteiger partial charge in [0.1, 0.15) is 0 Å². The maximum atomic E-state index is 2.65. The number of likely N-dealkylation sites (tertiary alicyclic amines) is 1. The van der Waals surface area contributed by atoms with Gasteiger partial charge in [0.15, 0.2) is 0 Å². The third-order valence-corrected chi connectivity index (χ3v) is 3.62. The van der Waals surface area contributed by atoms with Crippen LogP contribution >= 0.6 is 0 Å². The van der Waals surface area contributed by atoms with Gasteiger partial charge in [-0.1, -0.05) is 48.9 Å². The first-order chi connectivity index (χ1) is 8.40. The van der Waals surface area contributed by atoms with Crippen LogP contribution in [0, 0.1) is 0 Å². The maximum Gasteiger partial charge on any atom is 0.0236 e. The Balaban J connectivity index is 1.96. The van der Waals surface area contributed by atoms with E-state index in [4.69, 9.17) is 0 Å². The Morgan fingerprint density at radius 1 is 1.24 bits per heavy atom. The third kappa shape index (κ3) is 3.71. The number of piperidine rings is 1. The molecule has 1 aliphatic rings. The highest BCUT2D eigenvalue weighted by Crippen LogP contribution is 2.22. The van der Waals surface area contributed by atoms with Crippen LogP contribution in [0.25, 0.3) is 0 Å². The molecule has 1 nitrogen and oxygen atoms in total. The van der Waals surface area contributed by atoms with Crippen molar-refractivity contribution in [2.45, 2.75) is 45.2 Å². The highest BCUT2D eigenvalue weighted by molar-refractivity contribution is 5.14. The molecule has 0 radical (unpaired) electrons. The minimum Gasteiger partial charge on any atom is -0.296 e. The number of rotatable bonds is 4. The van der Waals surface area contributed by atoms with E-state index in [2.05, 4.69) is 54.3 Å². The van der Waals surface area contributed by atoms with Gasteiger partial charge in [0, 0.05) is 12.6 Å². The van der Waals surface area contributed by atoms with Gasteiger partial charge in [-0.25, -0.2) is 0 Å². The van der Waals surface area contributed by atoms with Crippen LogP contribution < -0.4 is 0 Å². The summed E-state index contributed by atoms with van der Waals surface area (Å²) in [6, 6.07) is 11.6. The fraction of sp³-hybridized carbons (Fsp3) is 0.500. The Labute approximate surface area is 105 Å². The van der Waals surface area contributed by atoms with Crippen molar-refractivity contribution in [2.75, 3.05) is 6.54 Å². The zero-order valence-corrected chi connectivity index (χ0v) is 10.8. The molecule has 17 heavy (non-hydrogen) atoms. The van der Waals surface area contributed by atoms with Crippen molar-refractivity contribution >= 4 is 0 Å². The van der Waals surface area contributed by atoms with E-state index in [0.717, 1.165) is 12.6 Å². The normalized spacial score (nSPS) is 22.1. The predicted octanol–water partition coefficient (Wildman–Crippen LogP) is 4.01. The summed E-state index contributed by atoms with van der Waals surface area (Å²) in [6.45, 7) is 4.49. The third-order valence-electron chi connectivity index (χ3n) is 3.62. The van der Waals surface area contributed by atoms with E-state index in [1.807, 2.05) is 0 Å². The van der Waals surface area contributed by atoms with E-state index in [-0.39, 0.29) is 0 Å². The molecule has 1 heteroatoms. The molecule has 0 bridgehead atoms. The molecule has 1 aromatic rings. The first-order valence-electron chi connectivity index (χ1n) is 6.79. The van der Waals surface area contributed by atoms with Crippen LogP contribution in [-0.4, -0.2) is 17.5 Å². The van der Waals surface area contributed by atoms with Crippen LogP contribution in [0.1, 0.15) is 38.2 Å². The summed E-state index contributed by atoms with van der Waals surface area (Å²) in [5.41, 5.74) is 1.44. The highest BCUT2D eigenvalue weighted by atomic mass is 15.2. The maximum absolute atomic E-state index is 2.65. The van der Waals surface area contributed by atoms with Gasteiger partial charge in [0.2, 0.25) is 0 Å².